The van der Waals surface area contributed by atoms with Gasteiger partial charge in [0, 0.05) is 10.5 Å². The Kier molecular flexibility index (Phi) is 6.21. The quantitative estimate of drug-likeness (QED) is 0.853. The summed E-state index contributed by atoms with van der Waals surface area (Å²) in [6.07, 6.45) is 2.23. The maximum atomic E-state index is 12.2. The van der Waals surface area contributed by atoms with Crippen LogP contribution in [0.5, 0.6) is 0 Å². The number of piperidine rings is 1. The highest BCUT2D eigenvalue weighted by atomic mass is 79.9. The van der Waals surface area contributed by atoms with Crippen LogP contribution in [0.2, 0.25) is 0 Å². The van der Waals surface area contributed by atoms with Crippen LogP contribution in [0.1, 0.15) is 31.4 Å². The summed E-state index contributed by atoms with van der Waals surface area (Å²) in [4.78, 5) is 14.3. The molecule has 0 aliphatic carbocycles. The Balaban J connectivity index is 1.81. The second-order valence-electron chi connectivity index (χ2n) is 5.74. The monoisotopic (exact) mass is 353 g/mol. The van der Waals surface area contributed by atoms with Crippen molar-refractivity contribution in [3.8, 4) is 0 Å². The lowest BCUT2D eigenvalue weighted by molar-refractivity contribution is -0.123. The number of amides is 1. The zero-order valence-corrected chi connectivity index (χ0v) is 14.3. The lowest BCUT2D eigenvalue weighted by Gasteiger charge is -2.31. The summed E-state index contributed by atoms with van der Waals surface area (Å²) in [5.41, 5.74) is 1.12. The van der Waals surface area contributed by atoms with Gasteiger partial charge < -0.3 is 10.6 Å². The van der Waals surface area contributed by atoms with Gasteiger partial charge in [0.2, 0.25) is 5.91 Å². The normalized spacial score (nSPS) is 17.7. The molecule has 1 atom stereocenters. The molecule has 1 saturated heterocycles. The molecule has 0 aromatic heterocycles. The van der Waals surface area contributed by atoms with Crippen LogP contribution < -0.4 is 10.6 Å². The Morgan fingerprint density at radius 1 is 1.38 bits per heavy atom. The molecule has 1 amide bonds. The summed E-state index contributed by atoms with van der Waals surface area (Å²) in [5, 5.41) is 6.42. The number of likely N-dealkylation sites (N-methyl/N-ethyl adjacent to an activating group) is 1. The molecular weight excluding hydrogens is 330 g/mol. The first-order valence-corrected chi connectivity index (χ1v) is 8.31. The first-order valence-electron chi connectivity index (χ1n) is 7.52. The fraction of sp³-hybridized carbons (Fsp3) is 0.562. The second kappa shape index (κ2) is 7.92. The molecule has 1 heterocycles. The van der Waals surface area contributed by atoms with Crippen molar-refractivity contribution in [3.05, 3.63) is 34.3 Å². The smallest absolute Gasteiger partial charge is 0.234 e. The third kappa shape index (κ3) is 5.09. The van der Waals surface area contributed by atoms with Gasteiger partial charge in [-0.05, 0) is 57.6 Å². The van der Waals surface area contributed by atoms with Crippen molar-refractivity contribution >= 4 is 21.8 Å². The molecular formula is C16H24BrN3O. The minimum Gasteiger partial charge on any atom is -0.348 e. The van der Waals surface area contributed by atoms with Crippen LogP contribution in [-0.4, -0.2) is 43.5 Å². The summed E-state index contributed by atoms with van der Waals surface area (Å²) in [6.45, 7) is 4.58. The summed E-state index contributed by atoms with van der Waals surface area (Å²) in [6, 6.07) is 8.61. The van der Waals surface area contributed by atoms with Gasteiger partial charge in [0.05, 0.1) is 12.6 Å². The Morgan fingerprint density at radius 3 is 2.62 bits per heavy atom. The maximum Gasteiger partial charge on any atom is 0.234 e. The molecule has 2 rings (SSSR count). The van der Waals surface area contributed by atoms with Crippen LogP contribution in [0.25, 0.3) is 0 Å². The standard InChI is InChI=1S/C16H24BrN3O/c1-12(13-3-5-14(17)6-4-13)19-16(21)11-20(2)15-7-9-18-10-8-15/h3-6,12,15,18H,7-11H2,1-2H3,(H,19,21). The molecule has 4 nitrogen and oxygen atoms in total. The number of hydrogen-bond acceptors (Lipinski definition) is 3. The van der Waals surface area contributed by atoms with E-state index in [1.165, 1.54) is 0 Å². The molecule has 0 saturated carbocycles. The fourth-order valence-electron chi connectivity index (χ4n) is 2.72. The van der Waals surface area contributed by atoms with Crippen LogP contribution in [-0.2, 0) is 4.79 Å². The van der Waals surface area contributed by atoms with Crippen molar-refractivity contribution < 1.29 is 4.79 Å². The van der Waals surface area contributed by atoms with E-state index in [9.17, 15) is 4.79 Å². The largest absolute Gasteiger partial charge is 0.348 e. The number of halogens is 1. The van der Waals surface area contributed by atoms with E-state index in [2.05, 4.69) is 31.5 Å². The van der Waals surface area contributed by atoms with E-state index in [0.29, 0.717) is 12.6 Å². The molecule has 1 aliphatic rings. The predicted molar refractivity (Wildman–Crippen MR) is 89.2 cm³/mol. The Morgan fingerprint density at radius 2 is 2.00 bits per heavy atom. The van der Waals surface area contributed by atoms with Gasteiger partial charge >= 0.3 is 0 Å². The van der Waals surface area contributed by atoms with Gasteiger partial charge in [-0.15, -0.1) is 0 Å². The molecule has 1 unspecified atom stereocenters. The van der Waals surface area contributed by atoms with Crippen molar-refractivity contribution in [2.24, 2.45) is 0 Å². The fourth-order valence-corrected chi connectivity index (χ4v) is 2.99. The zero-order chi connectivity index (χ0) is 15.2. The van der Waals surface area contributed by atoms with Gasteiger partial charge in [-0.2, -0.15) is 0 Å². The molecule has 0 spiro atoms. The average molecular weight is 354 g/mol. The highest BCUT2D eigenvalue weighted by Gasteiger charge is 2.20. The number of benzene rings is 1. The van der Waals surface area contributed by atoms with E-state index in [1.807, 2.05) is 38.2 Å². The van der Waals surface area contributed by atoms with Gasteiger partial charge in [0.15, 0.2) is 0 Å². The van der Waals surface area contributed by atoms with Crippen molar-refractivity contribution in [2.75, 3.05) is 26.7 Å². The predicted octanol–water partition coefficient (Wildman–Crippen LogP) is 2.31. The molecule has 116 valence electrons. The van der Waals surface area contributed by atoms with Gasteiger partial charge in [-0.1, -0.05) is 28.1 Å². The number of nitrogens with zero attached hydrogens (tertiary/aromatic N) is 1. The Hall–Kier alpha value is -0.910. The average Bonchev–Trinajstić information content (AvgIpc) is 2.48. The zero-order valence-electron chi connectivity index (χ0n) is 12.7. The minimum atomic E-state index is 0.0343. The van der Waals surface area contributed by atoms with Crippen LogP contribution in [0, 0.1) is 0 Å². The Labute approximate surface area is 135 Å². The van der Waals surface area contributed by atoms with Gasteiger partial charge in [-0.25, -0.2) is 0 Å². The number of hydrogen-bond donors (Lipinski definition) is 2. The molecule has 1 aliphatic heterocycles. The molecule has 1 aromatic rings. The maximum absolute atomic E-state index is 12.2. The summed E-state index contributed by atoms with van der Waals surface area (Å²) in [7, 11) is 2.04. The lowest BCUT2D eigenvalue weighted by Crippen LogP contribution is -2.45. The minimum absolute atomic E-state index is 0.0343. The van der Waals surface area contributed by atoms with Crippen LogP contribution in [0.3, 0.4) is 0 Å². The third-order valence-corrected chi connectivity index (χ3v) is 4.60. The van der Waals surface area contributed by atoms with E-state index in [1.54, 1.807) is 0 Å². The molecule has 1 aromatic carbocycles. The van der Waals surface area contributed by atoms with E-state index < -0.39 is 0 Å². The van der Waals surface area contributed by atoms with Crippen molar-refractivity contribution in [1.29, 1.82) is 0 Å². The molecule has 1 fully saturated rings. The van der Waals surface area contributed by atoms with Crippen molar-refractivity contribution in [2.45, 2.75) is 31.8 Å². The summed E-state index contributed by atoms with van der Waals surface area (Å²) < 4.78 is 1.05. The van der Waals surface area contributed by atoms with Gasteiger partial charge in [-0.3, -0.25) is 9.69 Å². The van der Waals surface area contributed by atoms with Crippen LogP contribution >= 0.6 is 15.9 Å². The number of rotatable bonds is 5. The van der Waals surface area contributed by atoms with Crippen LogP contribution in [0.4, 0.5) is 0 Å². The molecule has 0 radical (unpaired) electrons. The number of carbonyl (C=O) groups is 1. The van der Waals surface area contributed by atoms with Gasteiger partial charge in [0.1, 0.15) is 0 Å². The van der Waals surface area contributed by atoms with Crippen LogP contribution in [0.15, 0.2) is 28.7 Å². The van der Waals surface area contributed by atoms with E-state index >= 15 is 0 Å². The number of nitrogens with one attached hydrogen (secondary N) is 2. The van der Waals surface area contributed by atoms with Crippen molar-refractivity contribution in [3.63, 3.8) is 0 Å². The second-order valence-corrected chi connectivity index (χ2v) is 6.65. The van der Waals surface area contributed by atoms with E-state index in [-0.39, 0.29) is 11.9 Å². The Bertz CT molecular complexity index is 457. The third-order valence-electron chi connectivity index (χ3n) is 4.07. The summed E-state index contributed by atoms with van der Waals surface area (Å²) in [5.74, 6) is 0.0893. The van der Waals surface area contributed by atoms with Crippen molar-refractivity contribution in [1.82, 2.24) is 15.5 Å². The SMILES string of the molecule is CC(NC(=O)CN(C)C1CCNCC1)c1ccc(Br)cc1. The molecule has 5 heteroatoms. The lowest BCUT2D eigenvalue weighted by atomic mass is 10.1. The van der Waals surface area contributed by atoms with E-state index in [0.717, 1.165) is 36.0 Å². The molecule has 2 N–H and O–H groups in total. The summed E-state index contributed by atoms with van der Waals surface area (Å²) >= 11 is 3.42. The first kappa shape index (κ1) is 16.5. The highest BCUT2D eigenvalue weighted by Crippen LogP contribution is 2.16. The molecule has 21 heavy (non-hydrogen) atoms. The number of carbonyl (C=O) groups excluding carboxylic acids is 1. The van der Waals surface area contributed by atoms with Gasteiger partial charge in [0.25, 0.3) is 0 Å². The first-order chi connectivity index (χ1) is 10.1. The van der Waals surface area contributed by atoms with E-state index in [4.69, 9.17) is 0 Å². The highest BCUT2D eigenvalue weighted by molar-refractivity contribution is 9.10. The topological polar surface area (TPSA) is 44.4 Å². The molecule has 0 bridgehead atoms.